The van der Waals surface area contributed by atoms with Gasteiger partial charge in [-0.3, -0.25) is 9.97 Å². The molecule has 0 amide bonds. The van der Waals surface area contributed by atoms with Gasteiger partial charge in [0.05, 0.1) is 11.0 Å². The highest BCUT2D eigenvalue weighted by Crippen LogP contribution is 2.41. The Morgan fingerprint density at radius 3 is 1.30 bits per heavy atom. The predicted octanol–water partition coefficient (Wildman–Crippen LogP) is 18.3. The lowest BCUT2D eigenvalue weighted by molar-refractivity contribution is 0.859. The van der Waals surface area contributed by atoms with Crippen molar-refractivity contribution in [1.29, 1.82) is 0 Å². The molecule has 0 spiro atoms. The largest absolute Gasteiger partial charge is 0.252 e. The van der Waals surface area contributed by atoms with Crippen LogP contribution in [-0.4, -0.2) is 9.97 Å². The van der Waals surface area contributed by atoms with E-state index in [1.807, 2.05) is 0 Å². The minimum absolute atomic E-state index is 0.304. The van der Waals surface area contributed by atoms with Crippen molar-refractivity contribution in [3.05, 3.63) is 260 Å². The fraction of sp³-hybridized carbons (Fsp3) is 0.0294. The highest BCUT2D eigenvalue weighted by Gasteiger charge is 2.17. The molecular weight excluding hydrogens is 845 g/mol. The highest BCUT2D eigenvalue weighted by molar-refractivity contribution is 6.24. The van der Waals surface area contributed by atoms with Crippen LogP contribution in [0, 0.1) is 0 Å². The van der Waals surface area contributed by atoms with Crippen LogP contribution in [0.3, 0.4) is 0 Å². The molecule has 0 saturated carbocycles. The van der Waals surface area contributed by atoms with Crippen LogP contribution < -0.4 is 0 Å². The van der Waals surface area contributed by atoms with Crippen molar-refractivity contribution in [1.82, 2.24) is 9.97 Å². The Balaban J connectivity index is 0.811. The van der Waals surface area contributed by atoms with Gasteiger partial charge in [-0.05, 0) is 158 Å². The van der Waals surface area contributed by atoms with Crippen molar-refractivity contribution in [2.24, 2.45) is 0 Å². The Morgan fingerprint density at radius 2 is 0.729 bits per heavy atom. The highest BCUT2D eigenvalue weighted by atomic mass is 14.8. The average Bonchev–Trinajstić information content (AvgIpc) is 3.44. The lowest BCUT2D eigenvalue weighted by Crippen LogP contribution is -1.99. The first-order valence-electron chi connectivity index (χ1n) is 24.3. The van der Waals surface area contributed by atoms with E-state index in [0.29, 0.717) is 5.92 Å². The maximum absolute atomic E-state index is 4.90. The van der Waals surface area contributed by atoms with Crippen LogP contribution >= 0.6 is 0 Å². The molecule has 0 bridgehead atoms. The van der Waals surface area contributed by atoms with Gasteiger partial charge in [0, 0.05) is 29.1 Å². The van der Waals surface area contributed by atoms with Gasteiger partial charge >= 0.3 is 0 Å². The van der Waals surface area contributed by atoms with E-state index in [-0.39, 0.29) is 0 Å². The summed E-state index contributed by atoms with van der Waals surface area (Å²) in [5, 5.41) is 14.8. The summed E-state index contributed by atoms with van der Waals surface area (Å²) in [6.45, 7) is 0. The molecule has 1 aliphatic rings. The molecule has 1 aliphatic carbocycles. The van der Waals surface area contributed by atoms with Crippen molar-refractivity contribution in [3.63, 3.8) is 0 Å². The molecule has 1 aromatic heterocycles. The molecule has 0 radical (unpaired) electrons. The van der Waals surface area contributed by atoms with E-state index in [9.17, 15) is 0 Å². The fourth-order valence-corrected chi connectivity index (χ4v) is 11.2. The van der Waals surface area contributed by atoms with Gasteiger partial charge in [0.1, 0.15) is 0 Å². The zero-order chi connectivity index (χ0) is 46.1. The first-order chi connectivity index (χ1) is 34.6. The molecule has 12 aromatic carbocycles. The summed E-state index contributed by atoms with van der Waals surface area (Å²) in [5.41, 5.74) is 15.1. The number of hydrogen-bond donors (Lipinski definition) is 0. The molecule has 2 heteroatoms. The molecule has 2 nitrogen and oxygen atoms in total. The molecule has 326 valence electrons. The number of benzene rings is 12. The van der Waals surface area contributed by atoms with Crippen molar-refractivity contribution in [3.8, 4) is 44.5 Å². The summed E-state index contributed by atoms with van der Waals surface area (Å²) in [4.78, 5) is 9.81. The average molecular weight is 889 g/mol. The monoisotopic (exact) mass is 888 g/mol. The van der Waals surface area contributed by atoms with Gasteiger partial charge < -0.3 is 0 Å². The molecular formula is C68H44N2. The maximum atomic E-state index is 4.90. The lowest BCUT2D eigenvalue weighted by Gasteiger charge is -2.19. The number of nitrogens with zero attached hydrogens (tertiary/aromatic N) is 2. The second-order valence-corrected chi connectivity index (χ2v) is 18.9. The summed E-state index contributed by atoms with van der Waals surface area (Å²) < 4.78 is 0. The Kier molecular flexibility index (Phi) is 9.38. The van der Waals surface area contributed by atoms with Crippen LogP contribution in [0.15, 0.2) is 249 Å². The minimum Gasteiger partial charge on any atom is -0.252 e. The minimum atomic E-state index is 0.304. The SMILES string of the molecule is C1=CC(c2cccc(-c3ccc4c(c3)c3cc(-c5cccc(-c6cccc(-c7ccc8c(ccc9ccccc98)c7)c6)c5)ccc3c3nccnc43)c2)=C[C@H](c2ccc3c(ccc4ccccc43)c2)C1. The van der Waals surface area contributed by atoms with E-state index >= 15 is 0 Å². The normalized spacial score (nSPS) is 13.8. The Labute approximate surface area is 406 Å². The van der Waals surface area contributed by atoms with Gasteiger partial charge in [0.25, 0.3) is 0 Å². The number of hydrogen-bond acceptors (Lipinski definition) is 2. The molecule has 0 N–H and O–H groups in total. The molecule has 0 unspecified atom stereocenters. The molecule has 0 fully saturated rings. The quantitative estimate of drug-likeness (QED) is 0.155. The van der Waals surface area contributed by atoms with Crippen LogP contribution in [0.4, 0.5) is 0 Å². The van der Waals surface area contributed by atoms with E-state index in [4.69, 9.17) is 9.97 Å². The van der Waals surface area contributed by atoms with E-state index < -0.39 is 0 Å². The fourth-order valence-electron chi connectivity index (χ4n) is 11.2. The van der Waals surface area contributed by atoms with E-state index in [0.717, 1.165) is 33.8 Å². The Hall–Kier alpha value is -8.98. The third-order valence-corrected chi connectivity index (χ3v) is 14.8. The van der Waals surface area contributed by atoms with Crippen molar-refractivity contribution in [2.75, 3.05) is 0 Å². The Bertz CT molecular complexity index is 4350. The number of fused-ring (bicyclic) bond motifs is 12. The summed E-state index contributed by atoms with van der Waals surface area (Å²) in [7, 11) is 0. The first kappa shape index (κ1) is 40.1. The number of rotatable bonds is 6. The molecule has 0 aliphatic heterocycles. The van der Waals surface area contributed by atoms with Crippen LogP contribution in [0.1, 0.15) is 23.5 Å². The smallest absolute Gasteiger partial charge is 0.0971 e. The zero-order valence-electron chi connectivity index (χ0n) is 38.4. The third kappa shape index (κ3) is 6.87. The van der Waals surface area contributed by atoms with Crippen LogP contribution in [-0.2, 0) is 0 Å². The lowest BCUT2D eigenvalue weighted by atomic mass is 9.85. The third-order valence-electron chi connectivity index (χ3n) is 14.8. The number of allylic oxidation sites excluding steroid dienone is 4. The van der Waals surface area contributed by atoms with Crippen molar-refractivity contribution < 1.29 is 0 Å². The van der Waals surface area contributed by atoms with Gasteiger partial charge in [0.2, 0.25) is 0 Å². The van der Waals surface area contributed by atoms with Gasteiger partial charge in [-0.15, -0.1) is 0 Å². The van der Waals surface area contributed by atoms with E-state index in [2.05, 4.69) is 237 Å². The van der Waals surface area contributed by atoms with Gasteiger partial charge in [0.15, 0.2) is 0 Å². The van der Waals surface area contributed by atoms with E-state index in [1.165, 1.54) is 110 Å². The summed E-state index contributed by atoms with van der Waals surface area (Å²) in [6, 6.07) is 80.7. The topological polar surface area (TPSA) is 25.8 Å². The molecule has 0 saturated heterocycles. The molecule has 70 heavy (non-hydrogen) atoms. The van der Waals surface area contributed by atoms with E-state index in [1.54, 1.807) is 12.4 Å². The predicted molar refractivity (Wildman–Crippen MR) is 297 cm³/mol. The van der Waals surface area contributed by atoms with Crippen LogP contribution in [0.25, 0.3) is 126 Å². The standard InChI is InChI=1S/C68H44N2/c1-3-19-59-43(9-1)21-23-57-39-53(25-29-61(57)59)49-15-5-11-45(35-49)47-13-7-17-51(37-47)55-27-31-63-65(41-55)66-42-56(28-32-64(66)68-67(63)69-33-34-70-68)52-18-8-14-48(38-52)46-12-6-16-50(36-46)54-26-30-62-58(40-54)24-22-44-10-2-4-20-60(44)62/h1-15,17-42,50H,16H2/t50-/m1/s1. The van der Waals surface area contributed by atoms with Gasteiger partial charge in [-0.25, -0.2) is 0 Å². The van der Waals surface area contributed by atoms with Crippen molar-refractivity contribution >= 4 is 81.2 Å². The van der Waals surface area contributed by atoms with Crippen molar-refractivity contribution in [2.45, 2.75) is 12.3 Å². The second-order valence-electron chi connectivity index (χ2n) is 18.9. The molecule has 1 heterocycles. The number of aromatic nitrogens is 2. The zero-order valence-corrected chi connectivity index (χ0v) is 38.4. The maximum Gasteiger partial charge on any atom is 0.0971 e. The molecule has 1 atom stereocenters. The second kappa shape index (κ2) is 16.4. The summed E-state index contributed by atoms with van der Waals surface area (Å²) >= 11 is 0. The van der Waals surface area contributed by atoms with Crippen LogP contribution in [0.5, 0.6) is 0 Å². The van der Waals surface area contributed by atoms with Crippen LogP contribution in [0.2, 0.25) is 0 Å². The Morgan fingerprint density at radius 1 is 0.300 bits per heavy atom. The summed E-state index contributed by atoms with van der Waals surface area (Å²) in [5.74, 6) is 0.304. The molecule has 14 rings (SSSR count). The molecule has 13 aromatic rings. The van der Waals surface area contributed by atoms with Gasteiger partial charge in [-0.2, -0.15) is 0 Å². The van der Waals surface area contributed by atoms with Gasteiger partial charge in [-0.1, -0.05) is 200 Å². The first-order valence-corrected chi connectivity index (χ1v) is 24.3. The summed E-state index contributed by atoms with van der Waals surface area (Å²) in [6.07, 6.45) is 11.7.